The minimum absolute atomic E-state index is 0.0696. The molecule has 0 spiro atoms. The Bertz CT molecular complexity index is 443. The number of aliphatic hydroxyl groups is 1. The van der Waals surface area contributed by atoms with Gasteiger partial charge in [0.1, 0.15) is 18.5 Å². The minimum Gasteiger partial charge on any atom is -0.491 e. The zero-order valence-electron chi connectivity index (χ0n) is 12.4. The van der Waals surface area contributed by atoms with Gasteiger partial charge in [0.25, 0.3) is 0 Å². The smallest absolute Gasteiger partial charge is 0.236 e. The minimum atomic E-state index is -0.703. The molecule has 21 heavy (non-hydrogen) atoms. The third-order valence-electron chi connectivity index (χ3n) is 2.84. The highest BCUT2D eigenvalue weighted by Crippen LogP contribution is 2.17. The summed E-state index contributed by atoms with van der Waals surface area (Å²) in [6.45, 7) is 4.83. The van der Waals surface area contributed by atoms with Crippen molar-refractivity contribution >= 4 is 17.5 Å². The van der Waals surface area contributed by atoms with Crippen LogP contribution in [-0.4, -0.2) is 42.9 Å². The molecule has 0 bridgehead atoms. The Balaban J connectivity index is 2.24. The van der Waals surface area contributed by atoms with Crippen LogP contribution in [0.1, 0.15) is 20.3 Å². The summed E-state index contributed by atoms with van der Waals surface area (Å²) in [5, 5.41) is 16.2. The first-order valence-electron chi connectivity index (χ1n) is 7.10. The molecule has 2 atom stereocenters. The first-order valence-corrected chi connectivity index (χ1v) is 7.48. The Hall–Kier alpha value is -1.30. The molecule has 0 saturated heterocycles. The molecule has 5 nitrogen and oxygen atoms in total. The fourth-order valence-electron chi connectivity index (χ4n) is 1.61. The highest BCUT2D eigenvalue weighted by Gasteiger charge is 2.13. The molecule has 118 valence electrons. The number of carbonyl (C=O) groups is 1. The van der Waals surface area contributed by atoms with Crippen LogP contribution in [0.15, 0.2) is 24.3 Å². The third-order valence-corrected chi connectivity index (χ3v) is 3.08. The number of carbonyl (C=O) groups excluding carboxylic acids is 1. The number of hydrogen-bond donors (Lipinski definition) is 3. The van der Waals surface area contributed by atoms with Gasteiger partial charge in [0.05, 0.1) is 6.04 Å². The average molecular weight is 315 g/mol. The summed E-state index contributed by atoms with van der Waals surface area (Å²) in [6, 6.07) is 6.64. The molecule has 1 rings (SSSR count). The van der Waals surface area contributed by atoms with Crippen molar-refractivity contribution in [3.63, 3.8) is 0 Å². The molecule has 1 aromatic carbocycles. The highest BCUT2D eigenvalue weighted by atomic mass is 35.5. The fraction of sp³-hybridized carbons (Fsp3) is 0.533. The largest absolute Gasteiger partial charge is 0.491 e. The van der Waals surface area contributed by atoms with Gasteiger partial charge in [-0.25, -0.2) is 0 Å². The molecular formula is C15H23ClN2O3. The molecule has 0 aliphatic rings. The van der Waals surface area contributed by atoms with E-state index in [1.807, 2.05) is 6.92 Å². The van der Waals surface area contributed by atoms with Gasteiger partial charge in [0.2, 0.25) is 5.91 Å². The molecule has 0 aromatic heterocycles. The highest BCUT2D eigenvalue weighted by molar-refractivity contribution is 6.30. The quantitative estimate of drug-likeness (QED) is 0.647. The van der Waals surface area contributed by atoms with Crippen molar-refractivity contribution in [2.45, 2.75) is 32.4 Å². The van der Waals surface area contributed by atoms with Crippen molar-refractivity contribution < 1.29 is 14.6 Å². The fourth-order valence-corrected chi connectivity index (χ4v) is 1.80. The average Bonchev–Trinajstić information content (AvgIpc) is 2.48. The van der Waals surface area contributed by atoms with Crippen molar-refractivity contribution in [2.24, 2.45) is 0 Å². The Kier molecular flexibility index (Phi) is 8.12. The van der Waals surface area contributed by atoms with Crippen LogP contribution in [0, 0.1) is 0 Å². The van der Waals surface area contributed by atoms with Crippen LogP contribution in [-0.2, 0) is 4.79 Å². The molecule has 0 fully saturated rings. The van der Waals surface area contributed by atoms with Gasteiger partial charge < -0.3 is 20.5 Å². The van der Waals surface area contributed by atoms with Crippen LogP contribution < -0.4 is 15.4 Å². The number of amides is 1. The van der Waals surface area contributed by atoms with Crippen molar-refractivity contribution in [1.29, 1.82) is 0 Å². The van der Waals surface area contributed by atoms with E-state index < -0.39 is 6.10 Å². The lowest BCUT2D eigenvalue weighted by Gasteiger charge is -2.17. The summed E-state index contributed by atoms with van der Waals surface area (Å²) in [7, 11) is 0. The Morgan fingerprint density at radius 2 is 2.24 bits per heavy atom. The summed E-state index contributed by atoms with van der Waals surface area (Å²) in [4.78, 5) is 11.6. The van der Waals surface area contributed by atoms with Gasteiger partial charge in [-0.1, -0.05) is 24.6 Å². The number of aliphatic hydroxyl groups excluding tert-OH is 1. The Morgan fingerprint density at radius 1 is 1.48 bits per heavy atom. The van der Waals surface area contributed by atoms with Gasteiger partial charge in [-0.15, -0.1) is 0 Å². The van der Waals surface area contributed by atoms with E-state index in [-0.39, 0.29) is 25.1 Å². The topological polar surface area (TPSA) is 70.6 Å². The number of hydrogen-bond acceptors (Lipinski definition) is 4. The normalized spacial score (nSPS) is 13.5. The Morgan fingerprint density at radius 3 is 2.90 bits per heavy atom. The lowest BCUT2D eigenvalue weighted by Crippen LogP contribution is -2.45. The maximum atomic E-state index is 11.6. The predicted octanol–water partition coefficient (Wildman–Crippen LogP) is 1.58. The molecule has 0 aliphatic heterocycles. The number of ether oxygens (including phenoxy) is 1. The van der Waals surface area contributed by atoms with Crippen molar-refractivity contribution in [3.05, 3.63) is 29.3 Å². The van der Waals surface area contributed by atoms with Crippen LogP contribution in [0.2, 0.25) is 5.02 Å². The van der Waals surface area contributed by atoms with Gasteiger partial charge >= 0.3 is 0 Å². The zero-order valence-corrected chi connectivity index (χ0v) is 13.2. The van der Waals surface area contributed by atoms with Crippen molar-refractivity contribution in [3.8, 4) is 5.75 Å². The molecule has 0 heterocycles. The lowest BCUT2D eigenvalue weighted by atomic mass is 10.2. The van der Waals surface area contributed by atoms with E-state index in [1.165, 1.54) is 0 Å². The van der Waals surface area contributed by atoms with E-state index in [4.69, 9.17) is 16.3 Å². The molecular weight excluding hydrogens is 292 g/mol. The standard InChI is InChI=1S/C15H23ClN2O3/c1-3-7-17-15(20)11(2)18-9-13(19)10-21-14-6-4-5-12(16)8-14/h4-6,8,11,13,18-19H,3,7,9-10H2,1-2H3,(H,17,20). The molecule has 2 unspecified atom stereocenters. The molecule has 1 amide bonds. The van der Waals surface area contributed by atoms with Crippen molar-refractivity contribution in [1.82, 2.24) is 10.6 Å². The van der Waals surface area contributed by atoms with E-state index >= 15 is 0 Å². The van der Waals surface area contributed by atoms with Gasteiger partial charge in [0.15, 0.2) is 0 Å². The predicted molar refractivity (Wildman–Crippen MR) is 83.7 cm³/mol. The zero-order chi connectivity index (χ0) is 15.7. The summed E-state index contributed by atoms with van der Waals surface area (Å²) in [6.07, 6.45) is 0.194. The summed E-state index contributed by atoms with van der Waals surface area (Å²) in [5.41, 5.74) is 0. The van der Waals surface area contributed by atoms with Gasteiger partial charge in [-0.2, -0.15) is 0 Å². The maximum Gasteiger partial charge on any atom is 0.236 e. The first-order chi connectivity index (χ1) is 10.0. The van der Waals surface area contributed by atoms with E-state index in [0.29, 0.717) is 17.3 Å². The second-order valence-corrected chi connectivity index (χ2v) is 5.28. The second-order valence-electron chi connectivity index (χ2n) is 4.84. The van der Waals surface area contributed by atoms with Gasteiger partial charge in [-0.3, -0.25) is 4.79 Å². The molecule has 1 aromatic rings. The third kappa shape index (κ3) is 7.32. The lowest BCUT2D eigenvalue weighted by molar-refractivity contribution is -0.122. The van der Waals surface area contributed by atoms with Gasteiger partial charge in [-0.05, 0) is 31.5 Å². The molecule has 0 radical (unpaired) electrons. The first kappa shape index (κ1) is 17.8. The molecule has 0 saturated carbocycles. The summed E-state index contributed by atoms with van der Waals surface area (Å²) < 4.78 is 5.43. The molecule has 6 heteroatoms. The van der Waals surface area contributed by atoms with E-state index in [1.54, 1.807) is 31.2 Å². The second kappa shape index (κ2) is 9.60. The monoisotopic (exact) mass is 314 g/mol. The van der Waals surface area contributed by atoms with Crippen LogP contribution in [0.3, 0.4) is 0 Å². The summed E-state index contributed by atoms with van der Waals surface area (Å²) >= 11 is 5.84. The van der Waals surface area contributed by atoms with Crippen LogP contribution >= 0.6 is 11.6 Å². The van der Waals surface area contributed by atoms with E-state index in [9.17, 15) is 9.90 Å². The van der Waals surface area contributed by atoms with Crippen LogP contribution in [0.4, 0.5) is 0 Å². The Labute approximate surface area is 130 Å². The van der Waals surface area contributed by atoms with Crippen molar-refractivity contribution in [2.75, 3.05) is 19.7 Å². The number of halogens is 1. The van der Waals surface area contributed by atoms with Crippen LogP contribution in [0.25, 0.3) is 0 Å². The number of rotatable bonds is 9. The van der Waals surface area contributed by atoms with Gasteiger partial charge in [0, 0.05) is 18.1 Å². The van der Waals surface area contributed by atoms with E-state index in [0.717, 1.165) is 6.42 Å². The maximum absolute atomic E-state index is 11.6. The van der Waals surface area contributed by atoms with E-state index in [2.05, 4.69) is 10.6 Å². The molecule has 0 aliphatic carbocycles. The summed E-state index contributed by atoms with van der Waals surface area (Å²) in [5.74, 6) is 0.537. The SMILES string of the molecule is CCCNC(=O)C(C)NCC(O)COc1cccc(Cl)c1. The number of benzene rings is 1. The molecule has 3 N–H and O–H groups in total. The van der Waals surface area contributed by atoms with Crippen LogP contribution in [0.5, 0.6) is 5.75 Å². The number of nitrogens with one attached hydrogen (secondary N) is 2.